The lowest BCUT2D eigenvalue weighted by atomic mass is 10.2. The number of hydrogen-bond donors (Lipinski definition) is 1. The second-order valence-corrected chi connectivity index (χ2v) is 5.17. The van der Waals surface area contributed by atoms with Crippen LogP contribution in [0.1, 0.15) is 40.4 Å². The molecule has 0 saturated carbocycles. The maximum Gasteiger partial charge on any atom is 0.339 e. The van der Waals surface area contributed by atoms with Crippen molar-refractivity contribution >= 4 is 17.3 Å². The van der Waals surface area contributed by atoms with Crippen LogP contribution in [0.3, 0.4) is 0 Å². The van der Waals surface area contributed by atoms with Gasteiger partial charge in [-0.3, -0.25) is 4.98 Å². The van der Waals surface area contributed by atoms with Gasteiger partial charge in [0.2, 0.25) is 0 Å². The molecule has 0 aromatic carbocycles. The first kappa shape index (κ1) is 14.6. The largest absolute Gasteiger partial charge is 0.465 e. The van der Waals surface area contributed by atoms with Crippen molar-refractivity contribution in [2.24, 2.45) is 0 Å². The molecule has 2 heterocycles. The zero-order valence-corrected chi connectivity index (χ0v) is 12.3. The number of aromatic nitrogens is 2. The molecule has 0 spiro atoms. The molecule has 1 unspecified atom stereocenters. The highest BCUT2D eigenvalue weighted by molar-refractivity contribution is 7.09. The minimum atomic E-state index is -0.369. The summed E-state index contributed by atoms with van der Waals surface area (Å²) < 4.78 is 4.64. The summed E-state index contributed by atoms with van der Waals surface area (Å²) in [5.74, 6) is -0.369. The van der Waals surface area contributed by atoms with Gasteiger partial charge in [0.25, 0.3) is 0 Å². The molecule has 2 rings (SSSR count). The van der Waals surface area contributed by atoms with Gasteiger partial charge in [-0.1, -0.05) is 6.92 Å². The van der Waals surface area contributed by atoms with Crippen LogP contribution in [0.4, 0.5) is 0 Å². The molecule has 0 bridgehead atoms. The lowest BCUT2D eigenvalue weighted by Gasteiger charge is -2.14. The van der Waals surface area contributed by atoms with Crippen molar-refractivity contribution in [2.45, 2.75) is 25.9 Å². The fourth-order valence-electron chi connectivity index (χ4n) is 1.81. The van der Waals surface area contributed by atoms with Crippen molar-refractivity contribution in [3.63, 3.8) is 0 Å². The summed E-state index contributed by atoms with van der Waals surface area (Å²) >= 11 is 1.64. The van der Waals surface area contributed by atoms with Crippen LogP contribution in [0.2, 0.25) is 0 Å². The number of nitrogens with one attached hydrogen (secondary N) is 1. The first-order valence-corrected chi connectivity index (χ1v) is 7.28. The monoisotopic (exact) mass is 291 g/mol. The fraction of sp³-hybridized carbons (Fsp3) is 0.357. The van der Waals surface area contributed by atoms with Gasteiger partial charge >= 0.3 is 5.97 Å². The summed E-state index contributed by atoms with van der Waals surface area (Å²) in [6, 6.07) is 3.78. The smallest absolute Gasteiger partial charge is 0.339 e. The third-order valence-corrected chi connectivity index (χ3v) is 3.82. The zero-order valence-electron chi connectivity index (χ0n) is 11.5. The van der Waals surface area contributed by atoms with Gasteiger partial charge in [-0.2, -0.15) is 0 Å². The molecule has 0 aliphatic rings. The van der Waals surface area contributed by atoms with Crippen LogP contribution in [0.5, 0.6) is 0 Å². The molecule has 5 nitrogen and oxygen atoms in total. The number of carbonyl (C=O) groups excluding carboxylic acids is 1. The Hall–Kier alpha value is -1.79. The predicted octanol–water partition coefficient (Wildman–Crippen LogP) is 2.57. The minimum absolute atomic E-state index is 0.233. The molecule has 1 N–H and O–H groups in total. The summed E-state index contributed by atoms with van der Waals surface area (Å²) in [4.78, 5) is 19.9. The van der Waals surface area contributed by atoms with Gasteiger partial charge in [-0.05, 0) is 18.6 Å². The summed E-state index contributed by atoms with van der Waals surface area (Å²) in [7, 11) is 1.36. The Bertz CT molecular complexity index is 540. The predicted molar refractivity (Wildman–Crippen MR) is 77.6 cm³/mol. The Morgan fingerprint density at radius 3 is 2.85 bits per heavy atom. The molecule has 2 aromatic rings. The lowest BCUT2D eigenvalue weighted by molar-refractivity contribution is 0.0600. The van der Waals surface area contributed by atoms with E-state index in [1.54, 1.807) is 17.4 Å². The average Bonchev–Trinajstić information content (AvgIpc) is 3.02. The van der Waals surface area contributed by atoms with Crippen LogP contribution in [0.15, 0.2) is 29.9 Å². The van der Waals surface area contributed by atoms with Crippen LogP contribution >= 0.6 is 11.3 Å². The van der Waals surface area contributed by atoms with Gasteiger partial charge in [0, 0.05) is 24.3 Å². The van der Waals surface area contributed by atoms with Crippen molar-refractivity contribution in [3.05, 3.63) is 46.2 Å². The first-order chi connectivity index (χ1) is 9.74. The number of methoxy groups -OCH3 is 1. The van der Waals surface area contributed by atoms with Crippen LogP contribution in [-0.2, 0) is 11.3 Å². The molecule has 2 aromatic heterocycles. The van der Waals surface area contributed by atoms with E-state index < -0.39 is 0 Å². The van der Waals surface area contributed by atoms with E-state index >= 15 is 0 Å². The van der Waals surface area contributed by atoms with Crippen LogP contribution in [-0.4, -0.2) is 23.0 Å². The summed E-state index contributed by atoms with van der Waals surface area (Å²) in [5, 5.41) is 6.48. The molecule has 6 heteroatoms. The molecule has 20 heavy (non-hydrogen) atoms. The van der Waals surface area contributed by atoms with Gasteiger partial charge in [0.1, 0.15) is 5.01 Å². The second kappa shape index (κ2) is 7.12. The van der Waals surface area contributed by atoms with Crippen molar-refractivity contribution in [1.29, 1.82) is 0 Å². The van der Waals surface area contributed by atoms with Crippen molar-refractivity contribution in [3.8, 4) is 0 Å². The number of hydrogen-bond acceptors (Lipinski definition) is 6. The number of nitrogens with zero attached hydrogens (tertiary/aromatic N) is 2. The number of ether oxygens (including phenoxy) is 1. The van der Waals surface area contributed by atoms with E-state index in [1.165, 1.54) is 13.3 Å². The molecule has 0 aliphatic carbocycles. The number of thiazole rings is 1. The van der Waals surface area contributed by atoms with E-state index in [1.807, 2.05) is 17.6 Å². The molecular formula is C14H17N3O2S. The Balaban J connectivity index is 1.95. The van der Waals surface area contributed by atoms with Crippen LogP contribution < -0.4 is 5.32 Å². The van der Waals surface area contributed by atoms with Crippen LogP contribution in [0.25, 0.3) is 0 Å². The van der Waals surface area contributed by atoms with Crippen molar-refractivity contribution in [1.82, 2.24) is 15.3 Å². The van der Waals surface area contributed by atoms with Crippen LogP contribution in [0, 0.1) is 0 Å². The Morgan fingerprint density at radius 2 is 2.30 bits per heavy atom. The molecule has 0 saturated heterocycles. The normalized spacial score (nSPS) is 12.1. The molecule has 0 radical (unpaired) electrons. The average molecular weight is 291 g/mol. The van der Waals surface area contributed by atoms with E-state index in [0.29, 0.717) is 12.1 Å². The number of rotatable bonds is 6. The second-order valence-electron chi connectivity index (χ2n) is 4.24. The quantitative estimate of drug-likeness (QED) is 0.829. The fourth-order valence-corrected chi connectivity index (χ4v) is 2.61. The molecule has 0 aliphatic heterocycles. The van der Waals surface area contributed by atoms with Gasteiger partial charge in [-0.25, -0.2) is 9.78 Å². The topological polar surface area (TPSA) is 64.1 Å². The van der Waals surface area contributed by atoms with Gasteiger partial charge in [0.05, 0.1) is 24.4 Å². The standard InChI is InChI=1S/C14H17N3O2S/c1-3-12(13-15-6-7-20-13)17-9-11-5-4-10(8-16-11)14(18)19-2/h4-8,12,17H,3,9H2,1-2H3. The van der Waals surface area contributed by atoms with E-state index in [-0.39, 0.29) is 12.0 Å². The summed E-state index contributed by atoms with van der Waals surface area (Å²) in [5.41, 5.74) is 1.34. The maximum atomic E-state index is 11.3. The highest BCUT2D eigenvalue weighted by Crippen LogP contribution is 2.19. The number of pyridine rings is 1. The third-order valence-electron chi connectivity index (χ3n) is 2.93. The highest BCUT2D eigenvalue weighted by Gasteiger charge is 2.11. The Morgan fingerprint density at radius 1 is 1.45 bits per heavy atom. The molecule has 0 amide bonds. The first-order valence-electron chi connectivity index (χ1n) is 6.40. The van der Waals surface area contributed by atoms with E-state index in [2.05, 4.69) is 26.9 Å². The van der Waals surface area contributed by atoms with Gasteiger partial charge < -0.3 is 10.1 Å². The van der Waals surface area contributed by atoms with E-state index in [9.17, 15) is 4.79 Å². The van der Waals surface area contributed by atoms with Gasteiger partial charge in [-0.15, -0.1) is 11.3 Å². The summed E-state index contributed by atoms with van der Waals surface area (Å²) in [6.45, 7) is 2.76. The zero-order chi connectivity index (χ0) is 14.4. The highest BCUT2D eigenvalue weighted by atomic mass is 32.1. The summed E-state index contributed by atoms with van der Waals surface area (Å²) in [6.07, 6.45) is 4.31. The number of carbonyl (C=O) groups is 1. The van der Waals surface area contributed by atoms with E-state index in [4.69, 9.17) is 0 Å². The van der Waals surface area contributed by atoms with Gasteiger partial charge in [0.15, 0.2) is 0 Å². The van der Waals surface area contributed by atoms with Crippen molar-refractivity contribution < 1.29 is 9.53 Å². The minimum Gasteiger partial charge on any atom is -0.465 e. The maximum absolute atomic E-state index is 11.3. The SMILES string of the molecule is CCC(NCc1ccc(C(=O)OC)cn1)c1nccs1. The number of esters is 1. The third kappa shape index (κ3) is 3.61. The molecule has 106 valence electrons. The Labute approximate surface area is 122 Å². The Kier molecular flexibility index (Phi) is 5.20. The lowest BCUT2D eigenvalue weighted by Crippen LogP contribution is -2.20. The molecule has 0 fully saturated rings. The molecular weight excluding hydrogens is 274 g/mol. The van der Waals surface area contributed by atoms with Crippen molar-refractivity contribution in [2.75, 3.05) is 7.11 Å². The van der Waals surface area contributed by atoms with E-state index in [0.717, 1.165) is 17.1 Å². The molecule has 1 atom stereocenters.